The molecule has 5 aromatic rings. The number of ketones is 1. The standard InChI is InChI=1S/C44H52N4O5/c1-34-32-35(33-42(49)36-11-15-40(16-12-36)51-30-8-6-24-47-26-20-38(21-27-47)45(2)3)10-19-43(34)53-44(50)37-13-17-41(18-14-37)52-31-9-7-25-48-28-22-39(23-29-48)46(4)5/h10-23,26-29,32H,6-9,24-25,30-31,33H2,1-5H3/q+2. The number of ether oxygens (including phenoxy) is 3. The number of hydrogen-bond acceptors (Lipinski definition) is 7. The number of carbonyl (C=O) groups is 2. The van der Waals surface area contributed by atoms with Gasteiger partial charge in [0.1, 0.15) is 30.3 Å². The summed E-state index contributed by atoms with van der Waals surface area (Å²) < 4.78 is 21.9. The summed E-state index contributed by atoms with van der Waals surface area (Å²) in [6.45, 7) is 4.95. The normalized spacial score (nSPS) is 10.8. The Labute approximate surface area is 314 Å². The molecule has 2 heterocycles. The monoisotopic (exact) mass is 716 g/mol. The van der Waals surface area contributed by atoms with Crippen molar-refractivity contribution in [3.8, 4) is 17.2 Å². The van der Waals surface area contributed by atoms with Crippen LogP contribution in [0.5, 0.6) is 17.2 Å². The number of anilines is 2. The summed E-state index contributed by atoms with van der Waals surface area (Å²) in [5.74, 6) is 1.49. The maximum Gasteiger partial charge on any atom is 0.343 e. The number of pyridine rings is 2. The second-order valence-corrected chi connectivity index (χ2v) is 13.6. The summed E-state index contributed by atoms with van der Waals surface area (Å²) in [7, 11) is 8.14. The Hall–Kier alpha value is -5.70. The summed E-state index contributed by atoms with van der Waals surface area (Å²) in [6, 6.07) is 28.2. The van der Waals surface area contributed by atoms with Crippen LogP contribution in [0.3, 0.4) is 0 Å². The van der Waals surface area contributed by atoms with Gasteiger partial charge in [-0.1, -0.05) is 12.1 Å². The first kappa shape index (κ1) is 38.5. The van der Waals surface area contributed by atoms with Crippen LogP contribution in [0.25, 0.3) is 0 Å². The van der Waals surface area contributed by atoms with Crippen molar-refractivity contribution >= 4 is 23.1 Å². The highest BCUT2D eigenvalue weighted by Crippen LogP contribution is 2.23. The van der Waals surface area contributed by atoms with E-state index in [9.17, 15) is 9.59 Å². The van der Waals surface area contributed by atoms with Gasteiger partial charge in [-0.25, -0.2) is 13.9 Å². The van der Waals surface area contributed by atoms with Crippen LogP contribution in [-0.4, -0.2) is 53.2 Å². The van der Waals surface area contributed by atoms with E-state index in [-0.39, 0.29) is 12.2 Å². The Kier molecular flexibility index (Phi) is 14.0. The van der Waals surface area contributed by atoms with Crippen molar-refractivity contribution in [2.24, 2.45) is 0 Å². The number of nitrogens with zero attached hydrogens (tertiary/aromatic N) is 4. The van der Waals surface area contributed by atoms with Crippen LogP contribution in [0.4, 0.5) is 11.4 Å². The highest BCUT2D eigenvalue weighted by molar-refractivity contribution is 5.97. The Morgan fingerprint density at radius 2 is 1.06 bits per heavy atom. The molecule has 0 atom stereocenters. The number of carbonyl (C=O) groups excluding carboxylic acids is 2. The third-order valence-corrected chi connectivity index (χ3v) is 9.01. The average Bonchev–Trinajstić information content (AvgIpc) is 3.16. The first-order valence-corrected chi connectivity index (χ1v) is 18.3. The Morgan fingerprint density at radius 1 is 0.585 bits per heavy atom. The molecule has 0 aliphatic carbocycles. The number of hydrogen-bond donors (Lipinski definition) is 0. The topological polar surface area (TPSA) is 76.1 Å². The second kappa shape index (κ2) is 19.2. The quantitative estimate of drug-likeness (QED) is 0.0298. The fourth-order valence-corrected chi connectivity index (χ4v) is 5.77. The fraction of sp³-hybridized carbons (Fsp3) is 0.318. The first-order valence-electron chi connectivity index (χ1n) is 18.3. The molecule has 2 aromatic heterocycles. The van der Waals surface area contributed by atoms with Crippen molar-refractivity contribution in [2.45, 2.75) is 52.1 Å². The zero-order valence-corrected chi connectivity index (χ0v) is 31.7. The lowest BCUT2D eigenvalue weighted by Gasteiger charge is -2.11. The third kappa shape index (κ3) is 11.9. The lowest BCUT2D eigenvalue weighted by molar-refractivity contribution is -0.697. The minimum atomic E-state index is -0.447. The predicted octanol–water partition coefficient (Wildman–Crippen LogP) is 7.07. The molecule has 9 heteroatoms. The Bertz CT molecular complexity index is 1910. The summed E-state index contributed by atoms with van der Waals surface area (Å²) in [5, 5.41) is 0. The van der Waals surface area contributed by atoms with Crippen LogP contribution in [0.2, 0.25) is 0 Å². The van der Waals surface area contributed by atoms with Gasteiger partial charge in [0.15, 0.2) is 30.6 Å². The molecule has 276 valence electrons. The van der Waals surface area contributed by atoms with Gasteiger partial charge in [-0.15, -0.1) is 0 Å². The van der Waals surface area contributed by atoms with Crippen LogP contribution < -0.4 is 33.1 Å². The maximum absolute atomic E-state index is 13.0. The lowest BCUT2D eigenvalue weighted by atomic mass is 10.0. The number of benzene rings is 3. The molecule has 53 heavy (non-hydrogen) atoms. The van der Waals surface area contributed by atoms with E-state index in [2.05, 4.69) is 68.0 Å². The van der Waals surface area contributed by atoms with Gasteiger partial charge in [-0.3, -0.25) is 4.79 Å². The highest BCUT2D eigenvalue weighted by Gasteiger charge is 2.14. The Balaban J connectivity index is 0.999. The van der Waals surface area contributed by atoms with Gasteiger partial charge >= 0.3 is 5.97 Å². The first-order chi connectivity index (χ1) is 25.6. The number of unbranched alkanes of at least 4 members (excludes halogenated alkanes) is 2. The number of esters is 1. The van der Waals surface area contributed by atoms with Gasteiger partial charge in [-0.2, -0.15) is 0 Å². The lowest BCUT2D eigenvalue weighted by Crippen LogP contribution is -2.33. The summed E-state index contributed by atoms with van der Waals surface area (Å²) in [6.07, 6.45) is 12.5. The maximum atomic E-state index is 13.0. The number of Topliss-reactive ketones (excluding diaryl/α,β-unsaturated/α-hetero) is 1. The molecule has 0 aliphatic rings. The van der Waals surface area contributed by atoms with Gasteiger partial charge in [-0.05, 0) is 85.5 Å². The predicted molar refractivity (Wildman–Crippen MR) is 208 cm³/mol. The molecule has 9 nitrogen and oxygen atoms in total. The zero-order chi connectivity index (χ0) is 37.6. The molecule has 0 N–H and O–H groups in total. The zero-order valence-electron chi connectivity index (χ0n) is 31.7. The minimum absolute atomic E-state index is 0.00843. The molecule has 0 unspecified atom stereocenters. The molecule has 0 spiro atoms. The van der Waals surface area contributed by atoms with Gasteiger partial charge in [0, 0.05) is 88.7 Å². The fourth-order valence-electron chi connectivity index (χ4n) is 5.77. The van der Waals surface area contributed by atoms with E-state index in [0.29, 0.717) is 35.8 Å². The van der Waals surface area contributed by atoms with Crippen molar-refractivity contribution in [3.05, 3.63) is 138 Å². The van der Waals surface area contributed by atoms with Crippen LogP contribution in [0.1, 0.15) is 57.5 Å². The molecule has 0 saturated heterocycles. The van der Waals surface area contributed by atoms with Crippen molar-refractivity contribution < 1.29 is 32.9 Å². The minimum Gasteiger partial charge on any atom is -0.494 e. The summed E-state index contributed by atoms with van der Waals surface area (Å²) in [4.78, 5) is 30.1. The SMILES string of the molecule is Cc1cc(CC(=O)c2ccc(OCCCC[n+]3ccc(N(C)C)cc3)cc2)ccc1OC(=O)c1ccc(OCCCC[n+]2ccc(N(C)C)cc2)cc1. The molecular weight excluding hydrogens is 665 g/mol. The number of aryl methyl sites for hydroxylation is 3. The van der Waals surface area contributed by atoms with Crippen molar-refractivity contribution in [2.75, 3.05) is 51.2 Å². The van der Waals surface area contributed by atoms with Crippen molar-refractivity contribution in [1.29, 1.82) is 0 Å². The molecule has 0 amide bonds. The number of aromatic nitrogens is 2. The third-order valence-electron chi connectivity index (χ3n) is 9.01. The van der Waals surface area contributed by atoms with Crippen molar-refractivity contribution in [3.63, 3.8) is 0 Å². The van der Waals surface area contributed by atoms with E-state index in [1.54, 1.807) is 30.3 Å². The summed E-state index contributed by atoms with van der Waals surface area (Å²) >= 11 is 0. The van der Waals surface area contributed by atoms with Crippen LogP contribution in [-0.2, 0) is 19.5 Å². The van der Waals surface area contributed by atoms with E-state index >= 15 is 0 Å². The molecule has 5 rings (SSSR count). The molecule has 0 bridgehead atoms. The van der Waals surface area contributed by atoms with Crippen LogP contribution in [0, 0.1) is 6.92 Å². The highest BCUT2D eigenvalue weighted by atomic mass is 16.5. The summed E-state index contributed by atoms with van der Waals surface area (Å²) in [5.41, 5.74) is 5.05. The van der Waals surface area contributed by atoms with E-state index in [1.165, 1.54) is 11.4 Å². The van der Waals surface area contributed by atoms with Crippen LogP contribution >= 0.6 is 0 Å². The van der Waals surface area contributed by atoms with E-state index in [0.717, 1.165) is 55.6 Å². The van der Waals surface area contributed by atoms with Gasteiger partial charge in [0.2, 0.25) is 0 Å². The molecule has 3 aromatic carbocycles. The molecule has 0 fully saturated rings. The van der Waals surface area contributed by atoms with E-state index in [4.69, 9.17) is 14.2 Å². The number of rotatable bonds is 19. The second-order valence-electron chi connectivity index (χ2n) is 13.6. The van der Waals surface area contributed by atoms with Crippen LogP contribution in [0.15, 0.2) is 116 Å². The molecule has 0 saturated carbocycles. The van der Waals surface area contributed by atoms with Gasteiger partial charge in [0.05, 0.1) is 18.8 Å². The van der Waals surface area contributed by atoms with Gasteiger partial charge in [0.25, 0.3) is 0 Å². The molecule has 0 radical (unpaired) electrons. The smallest absolute Gasteiger partial charge is 0.343 e. The molecule has 0 aliphatic heterocycles. The molecular formula is C44H52N4O5+2. The van der Waals surface area contributed by atoms with Gasteiger partial charge < -0.3 is 24.0 Å². The largest absolute Gasteiger partial charge is 0.494 e. The van der Waals surface area contributed by atoms with E-state index in [1.807, 2.05) is 71.5 Å². The van der Waals surface area contributed by atoms with E-state index < -0.39 is 5.97 Å². The Morgan fingerprint density at radius 3 is 1.51 bits per heavy atom. The van der Waals surface area contributed by atoms with Crippen molar-refractivity contribution in [1.82, 2.24) is 0 Å². The average molecular weight is 717 g/mol.